The SMILES string of the molecule is C[C@H](NC(=O)C1CCCCC1)[C@H]1CCCO1. The minimum Gasteiger partial charge on any atom is -0.376 e. The summed E-state index contributed by atoms with van der Waals surface area (Å²) in [7, 11) is 0. The number of carbonyl (C=O) groups is 1. The molecule has 1 heterocycles. The monoisotopic (exact) mass is 225 g/mol. The number of rotatable bonds is 3. The molecule has 1 N–H and O–H groups in total. The predicted molar refractivity (Wildman–Crippen MR) is 63.2 cm³/mol. The summed E-state index contributed by atoms with van der Waals surface area (Å²) in [6, 6.07) is 0.178. The van der Waals surface area contributed by atoms with E-state index >= 15 is 0 Å². The summed E-state index contributed by atoms with van der Waals surface area (Å²) < 4.78 is 5.59. The van der Waals surface area contributed by atoms with Gasteiger partial charge in [-0.05, 0) is 32.6 Å². The third-order valence-corrected chi connectivity index (χ3v) is 3.87. The molecule has 0 aromatic heterocycles. The van der Waals surface area contributed by atoms with Crippen LogP contribution >= 0.6 is 0 Å². The van der Waals surface area contributed by atoms with Crippen molar-refractivity contribution in [3.8, 4) is 0 Å². The standard InChI is InChI=1S/C13H23NO2/c1-10(12-8-5-9-16-12)14-13(15)11-6-3-2-4-7-11/h10-12H,2-9H2,1H3,(H,14,15)/t10-,12+/m0/s1. The van der Waals surface area contributed by atoms with Crippen LogP contribution in [-0.4, -0.2) is 24.7 Å². The van der Waals surface area contributed by atoms with E-state index in [0.29, 0.717) is 0 Å². The molecule has 2 fully saturated rings. The molecule has 3 heteroatoms. The molecule has 2 aliphatic rings. The van der Waals surface area contributed by atoms with Crippen molar-refractivity contribution in [3.63, 3.8) is 0 Å². The smallest absolute Gasteiger partial charge is 0.223 e. The fourth-order valence-electron chi connectivity index (χ4n) is 2.80. The van der Waals surface area contributed by atoms with E-state index in [1.807, 2.05) is 0 Å². The highest BCUT2D eigenvalue weighted by molar-refractivity contribution is 5.79. The Morgan fingerprint density at radius 2 is 1.94 bits per heavy atom. The van der Waals surface area contributed by atoms with Gasteiger partial charge in [0.25, 0.3) is 0 Å². The van der Waals surface area contributed by atoms with Crippen molar-refractivity contribution in [1.82, 2.24) is 5.32 Å². The van der Waals surface area contributed by atoms with Gasteiger partial charge in [0.1, 0.15) is 0 Å². The fraction of sp³-hybridized carbons (Fsp3) is 0.923. The number of amides is 1. The average molecular weight is 225 g/mol. The first-order valence-electron chi connectivity index (χ1n) is 6.69. The number of carbonyl (C=O) groups excluding carboxylic acids is 1. The Balaban J connectivity index is 1.76. The van der Waals surface area contributed by atoms with E-state index in [1.165, 1.54) is 19.3 Å². The van der Waals surface area contributed by atoms with Gasteiger partial charge < -0.3 is 10.1 Å². The molecule has 2 rings (SSSR count). The lowest BCUT2D eigenvalue weighted by molar-refractivity contribution is -0.127. The second kappa shape index (κ2) is 5.67. The molecule has 0 bridgehead atoms. The molecule has 1 saturated heterocycles. The summed E-state index contributed by atoms with van der Waals surface area (Å²) in [6.07, 6.45) is 8.34. The van der Waals surface area contributed by atoms with Crippen LogP contribution in [0.5, 0.6) is 0 Å². The van der Waals surface area contributed by atoms with Gasteiger partial charge in [-0.25, -0.2) is 0 Å². The summed E-state index contributed by atoms with van der Waals surface area (Å²) in [5.41, 5.74) is 0. The maximum absolute atomic E-state index is 12.0. The molecule has 0 aromatic rings. The van der Waals surface area contributed by atoms with Crippen molar-refractivity contribution < 1.29 is 9.53 Å². The topological polar surface area (TPSA) is 38.3 Å². The van der Waals surface area contributed by atoms with Gasteiger partial charge in [-0.15, -0.1) is 0 Å². The second-order valence-electron chi connectivity index (χ2n) is 5.18. The molecule has 1 aliphatic heterocycles. The predicted octanol–water partition coefficient (Wildman–Crippen LogP) is 2.25. The van der Waals surface area contributed by atoms with Gasteiger partial charge >= 0.3 is 0 Å². The van der Waals surface area contributed by atoms with Crippen LogP contribution in [-0.2, 0) is 9.53 Å². The highest BCUT2D eigenvalue weighted by atomic mass is 16.5. The average Bonchev–Trinajstić information content (AvgIpc) is 2.83. The largest absolute Gasteiger partial charge is 0.376 e. The maximum atomic E-state index is 12.0. The minimum absolute atomic E-state index is 0.178. The summed E-state index contributed by atoms with van der Waals surface area (Å²) in [5, 5.41) is 3.13. The first kappa shape index (κ1) is 11.9. The normalized spacial score (nSPS) is 28.9. The van der Waals surface area contributed by atoms with Crippen LogP contribution in [0, 0.1) is 5.92 Å². The molecule has 2 atom stereocenters. The maximum Gasteiger partial charge on any atom is 0.223 e. The van der Waals surface area contributed by atoms with Crippen LogP contribution in [0.4, 0.5) is 0 Å². The van der Waals surface area contributed by atoms with Crippen molar-refractivity contribution >= 4 is 5.91 Å². The molecule has 0 spiro atoms. The molecule has 1 amide bonds. The van der Waals surface area contributed by atoms with Gasteiger partial charge in [0.05, 0.1) is 12.1 Å². The van der Waals surface area contributed by atoms with Gasteiger partial charge in [0, 0.05) is 12.5 Å². The molecule has 1 aliphatic carbocycles. The Morgan fingerprint density at radius 1 is 1.19 bits per heavy atom. The van der Waals surface area contributed by atoms with Gasteiger partial charge in [-0.3, -0.25) is 4.79 Å². The van der Waals surface area contributed by atoms with Gasteiger partial charge in [0.15, 0.2) is 0 Å². The summed E-state index contributed by atoms with van der Waals surface area (Å²) >= 11 is 0. The van der Waals surface area contributed by atoms with E-state index < -0.39 is 0 Å². The summed E-state index contributed by atoms with van der Waals surface area (Å²) in [4.78, 5) is 12.0. The lowest BCUT2D eigenvalue weighted by Crippen LogP contribution is -2.44. The number of nitrogens with one attached hydrogen (secondary N) is 1. The van der Waals surface area contributed by atoms with E-state index in [1.54, 1.807) is 0 Å². The van der Waals surface area contributed by atoms with Crippen LogP contribution in [0.1, 0.15) is 51.9 Å². The van der Waals surface area contributed by atoms with Crippen molar-refractivity contribution in [3.05, 3.63) is 0 Å². The first-order chi connectivity index (χ1) is 7.77. The van der Waals surface area contributed by atoms with Crippen molar-refractivity contribution in [2.24, 2.45) is 5.92 Å². The second-order valence-corrected chi connectivity index (χ2v) is 5.18. The molecule has 1 saturated carbocycles. The Morgan fingerprint density at radius 3 is 2.56 bits per heavy atom. The number of hydrogen-bond donors (Lipinski definition) is 1. The van der Waals surface area contributed by atoms with Gasteiger partial charge in [-0.2, -0.15) is 0 Å². The van der Waals surface area contributed by atoms with E-state index in [9.17, 15) is 4.79 Å². The third kappa shape index (κ3) is 2.97. The Labute approximate surface area is 97.9 Å². The fourth-order valence-corrected chi connectivity index (χ4v) is 2.80. The first-order valence-corrected chi connectivity index (χ1v) is 6.69. The minimum atomic E-state index is 0.178. The lowest BCUT2D eigenvalue weighted by Gasteiger charge is -2.25. The molecule has 0 unspecified atom stereocenters. The molecule has 3 nitrogen and oxygen atoms in total. The van der Waals surface area contributed by atoms with E-state index in [2.05, 4.69) is 12.2 Å². The van der Waals surface area contributed by atoms with Crippen LogP contribution in [0.2, 0.25) is 0 Å². The van der Waals surface area contributed by atoms with Crippen molar-refractivity contribution in [2.45, 2.75) is 64.0 Å². The highest BCUT2D eigenvalue weighted by Gasteiger charge is 2.27. The molecule has 0 aromatic carbocycles. The lowest BCUT2D eigenvalue weighted by atomic mass is 9.88. The van der Waals surface area contributed by atoms with Crippen LogP contribution in [0.3, 0.4) is 0 Å². The molecular formula is C13H23NO2. The summed E-state index contributed by atoms with van der Waals surface area (Å²) in [5.74, 6) is 0.514. The molecule has 0 radical (unpaired) electrons. The Kier molecular flexibility index (Phi) is 4.22. The Hall–Kier alpha value is -0.570. The van der Waals surface area contributed by atoms with Crippen LogP contribution in [0.25, 0.3) is 0 Å². The zero-order chi connectivity index (χ0) is 11.4. The molecular weight excluding hydrogens is 202 g/mol. The Bertz CT molecular complexity index is 230. The van der Waals surface area contributed by atoms with Gasteiger partial charge in [0.2, 0.25) is 5.91 Å². The van der Waals surface area contributed by atoms with Gasteiger partial charge in [-0.1, -0.05) is 19.3 Å². The van der Waals surface area contributed by atoms with E-state index in [0.717, 1.165) is 32.3 Å². The van der Waals surface area contributed by atoms with Crippen LogP contribution in [0.15, 0.2) is 0 Å². The van der Waals surface area contributed by atoms with Crippen molar-refractivity contribution in [1.29, 1.82) is 0 Å². The number of hydrogen-bond acceptors (Lipinski definition) is 2. The third-order valence-electron chi connectivity index (χ3n) is 3.87. The molecule has 92 valence electrons. The highest BCUT2D eigenvalue weighted by Crippen LogP contribution is 2.24. The number of ether oxygens (including phenoxy) is 1. The zero-order valence-electron chi connectivity index (χ0n) is 10.2. The quantitative estimate of drug-likeness (QED) is 0.800. The van der Waals surface area contributed by atoms with Crippen molar-refractivity contribution in [2.75, 3.05) is 6.61 Å². The van der Waals surface area contributed by atoms with E-state index in [-0.39, 0.29) is 24.0 Å². The van der Waals surface area contributed by atoms with E-state index in [4.69, 9.17) is 4.74 Å². The van der Waals surface area contributed by atoms with Crippen LogP contribution < -0.4 is 5.32 Å². The summed E-state index contributed by atoms with van der Waals surface area (Å²) in [6.45, 7) is 2.92. The zero-order valence-corrected chi connectivity index (χ0v) is 10.2. The molecule has 16 heavy (non-hydrogen) atoms.